The summed E-state index contributed by atoms with van der Waals surface area (Å²) in [6.45, 7) is 3.98. The first-order valence-electron chi connectivity index (χ1n) is 5.19. The topological polar surface area (TPSA) is 57.6 Å². The summed E-state index contributed by atoms with van der Waals surface area (Å²) < 4.78 is 0.758. The van der Waals surface area contributed by atoms with Crippen molar-refractivity contribution in [2.45, 2.75) is 26.3 Å². The van der Waals surface area contributed by atoms with E-state index in [1.54, 1.807) is 4.90 Å². The summed E-state index contributed by atoms with van der Waals surface area (Å²) in [4.78, 5) is 24.9. The number of halogens is 1. The van der Waals surface area contributed by atoms with E-state index < -0.39 is 5.97 Å². The lowest BCUT2D eigenvalue weighted by molar-refractivity contribution is -0.137. The summed E-state index contributed by atoms with van der Waals surface area (Å²) in [5.41, 5.74) is 0. The second-order valence-electron chi connectivity index (χ2n) is 3.83. The molecule has 17 heavy (non-hydrogen) atoms. The van der Waals surface area contributed by atoms with Gasteiger partial charge in [-0.15, -0.1) is 11.3 Å². The Morgan fingerprint density at radius 3 is 2.59 bits per heavy atom. The summed E-state index contributed by atoms with van der Waals surface area (Å²) in [6.07, 6.45) is -0.0348. The van der Waals surface area contributed by atoms with Crippen molar-refractivity contribution in [1.82, 2.24) is 4.90 Å². The van der Waals surface area contributed by atoms with Gasteiger partial charge in [0.15, 0.2) is 0 Å². The molecule has 1 N–H and O–H groups in total. The van der Waals surface area contributed by atoms with E-state index in [-0.39, 0.29) is 24.9 Å². The van der Waals surface area contributed by atoms with E-state index in [2.05, 4.69) is 15.9 Å². The summed E-state index contributed by atoms with van der Waals surface area (Å²) >= 11 is 4.66. The highest BCUT2D eigenvalue weighted by Crippen LogP contribution is 2.25. The SMILES string of the molecule is CC(C)N(CCC(=O)O)C(=O)c1sccc1Br. The number of hydrogen-bond donors (Lipinski definition) is 1. The van der Waals surface area contributed by atoms with Crippen LogP contribution in [-0.2, 0) is 4.79 Å². The maximum absolute atomic E-state index is 12.2. The molecule has 1 heterocycles. The predicted octanol–water partition coefficient (Wildman–Crippen LogP) is 2.84. The van der Waals surface area contributed by atoms with Crippen LogP contribution in [0.4, 0.5) is 0 Å². The highest BCUT2D eigenvalue weighted by molar-refractivity contribution is 9.10. The number of carbonyl (C=O) groups excluding carboxylic acids is 1. The van der Waals surface area contributed by atoms with E-state index in [9.17, 15) is 9.59 Å². The first-order valence-corrected chi connectivity index (χ1v) is 6.86. The van der Waals surface area contributed by atoms with E-state index >= 15 is 0 Å². The zero-order chi connectivity index (χ0) is 13.0. The fraction of sp³-hybridized carbons (Fsp3) is 0.455. The van der Waals surface area contributed by atoms with Crippen molar-refractivity contribution < 1.29 is 14.7 Å². The van der Waals surface area contributed by atoms with Crippen LogP contribution in [0.15, 0.2) is 15.9 Å². The smallest absolute Gasteiger partial charge is 0.305 e. The molecule has 6 heteroatoms. The van der Waals surface area contributed by atoms with Gasteiger partial charge < -0.3 is 10.0 Å². The third-order valence-electron chi connectivity index (χ3n) is 2.26. The molecule has 1 aromatic rings. The van der Waals surface area contributed by atoms with Gasteiger partial charge in [0.1, 0.15) is 4.88 Å². The minimum absolute atomic E-state index is 0.0177. The van der Waals surface area contributed by atoms with E-state index in [1.165, 1.54) is 11.3 Å². The van der Waals surface area contributed by atoms with Gasteiger partial charge in [-0.05, 0) is 41.2 Å². The van der Waals surface area contributed by atoms with Crippen molar-refractivity contribution in [2.24, 2.45) is 0 Å². The van der Waals surface area contributed by atoms with Crippen LogP contribution in [0.5, 0.6) is 0 Å². The number of carboxylic acid groups (broad SMARTS) is 1. The quantitative estimate of drug-likeness (QED) is 0.907. The highest BCUT2D eigenvalue weighted by Gasteiger charge is 2.22. The molecule has 4 nitrogen and oxygen atoms in total. The Labute approximate surface area is 112 Å². The van der Waals surface area contributed by atoms with Crippen molar-refractivity contribution in [3.8, 4) is 0 Å². The van der Waals surface area contributed by atoms with Crippen LogP contribution in [0.25, 0.3) is 0 Å². The van der Waals surface area contributed by atoms with E-state index in [4.69, 9.17) is 5.11 Å². The number of hydrogen-bond acceptors (Lipinski definition) is 3. The molecule has 1 amide bonds. The van der Waals surface area contributed by atoms with Crippen molar-refractivity contribution in [1.29, 1.82) is 0 Å². The van der Waals surface area contributed by atoms with Gasteiger partial charge in [-0.2, -0.15) is 0 Å². The van der Waals surface area contributed by atoms with Crippen LogP contribution in [0.1, 0.15) is 29.9 Å². The third kappa shape index (κ3) is 3.81. The van der Waals surface area contributed by atoms with Crippen LogP contribution in [0, 0.1) is 0 Å². The van der Waals surface area contributed by atoms with Crippen LogP contribution in [-0.4, -0.2) is 34.5 Å². The van der Waals surface area contributed by atoms with Crippen molar-refractivity contribution in [3.63, 3.8) is 0 Å². The molecule has 1 aromatic heterocycles. The number of nitrogens with zero attached hydrogens (tertiary/aromatic N) is 1. The molecule has 0 saturated carbocycles. The van der Waals surface area contributed by atoms with Gasteiger partial charge in [-0.3, -0.25) is 9.59 Å². The normalized spacial score (nSPS) is 10.6. The van der Waals surface area contributed by atoms with E-state index in [0.29, 0.717) is 4.88 Å². The van der Waals surface area contributed by atoms with Crippen LogP contribution in [0.2, 0.25) is 0 Å². The Balaban J connectivity index is 2.81. The third-order valence-corrected chi connectivity index (χ3v) is 4.09. The fourth-order valence-electron chi connectivity index (χ4n) is 1.39. The van der Waals surface area contributed by atoms with Crippen LogP contribution >= 0.6 is 27.3 Å². The predicted molar refractivity (Wildman–Crippen MR) is 70.4 cm³/mol. The van der Waals surface area contributed by atoms with Crippen molar-refractivity contribution in [2.75, 3.05) is 6.54 Å². The average Bonchev–Trinajstić information content (AvgIpc) is 2.63. The molecule has 94 valence electrons. The molecule has 0 aliphatic heterocycles. The van der Waals surface area contributed by atoms with Gasteiger partial charge in [-0.25, -0.2) is 0 Å². The second-order valence-corrected chi connectivity index (χ2v) is 5.60. The number of carboxylic acids is 1. The highest BCUT2D eigenvalue weighted by atomic mass is 79.9. The van der Waals surface area contributed by atoms with Gasteiger partial charge in [0.05, 0.1) is 6.42 Å². The number of amides is 1. The molecule has 0 spiro atoms. The monoisotopic (exact) mass is 319 g/mol. The van der Waals surface area contributed by atoms with Gasteiger partial charge in [0.2, 0.25) is 0 Å². The molecule has 0 atom stereocenters. The molecule has 0 radical (unpaired) electrons. The minimum Gasteiger partial charge on any atom is -0.481 e. The molecule has 0 saturated heterocycles. The summed E-state index contributed by atoms with van der Waals surface area (Å²) in [5, 5.41) is 10.5. The second kappa shape index (κ2) is 6.16. The number of thiophene rings is 1. The van der Waals surface area contributed by atoms with E-state index in [1.807, 2.05) is 25.3 Å². The van der Waals surface area contributed by atoms with Crippen molar-refractivity contribution >= 4 is 39.1 Å². The molecule has 0 aromatic carbocycles. The van der Waals surface area contributed by atoms with Gasteiger partial charge in [0, 0.05) is 17.1 Å². The zero-order valence-corrected chi connectivity index (χ0v) is 12.0. The maximum Gasteiger partial charge on any atom is 0.305 e. The Morgan fingerprint density at radius 2 is 2.18 bits per heavy atom. The molecular weight excluding hydrogens is 306 g/mol. The lowest BCUT2D eigenvalue weighted by atomic mass is 10.2. The molecule has 0 aliphatic rings. The summed E-state index contributed by atoms with van der Waals surface area (Å²) in [7, 11) is 0. The van der Waals surface area contributed by atoms with E-state index in [0.717, 1.165) is 4.47 Å². The van der Waals surface area contributed by atoms with Crippen LogP contribution in [0.3, 0.4) is 0 Å². The Hall–Kier alpha value is -0.880. The fourth-order valence-corrected chi connectivity index (χ4v) is 2.88. The molecule has 0 fully saturated rings. The number of carbonyl (C=O) groups is 2. The lowest BCUT2D eigenvalue weighted by Crippen LogP contribution is -2.38. The standard InChI is InChI=1S/C11H14BrNO3S/c1-7(2)13(5-3-9(14)15)11(16)10-8(12)4-6-17-10/h4,6-7H,3,5H2,1-2H3,(H,14,15). The summed E-state index contributed by atoms with van der Waals surface area (Å²) in [6, 6.07) is 1.80. The zero-order valence-electron chi connectivity index (χ0n) is 9.64. The Bertz CT molecular complexity index is 417. The largest absolute Gasteiger partial charge is 0.481 e. The van der Waals surface area contributed by atoms with Gasteiger partial charge >= 0.3 is 5.97 Å². The maximum atomic E-state index is 12.2. The Morgan fingerprint density at radius 1 is 1.53 bits per heavy atom. The van der Waals surface area contributed by atoms with Crippen molar-refractivity contribution in [3.05, 3.63) is 20.8 Å². The first-order chi connectivity index (χ1) is 7.93. The van der Waals surface area contributed by atoms with Gasteiger partial charge in [-0.1, -0.05) is 0 Å². The number of aliphatic carboxylic acids is 1. The molecule has 0 bridgehead atoms. The average molecular weight is 320 g/mol. The molecule has 1 rings (SSSR count). The Kier molecular flexibility index (Phi) is 5.14. The minimum atomic E-state index is -0.895. The summed E-state index contributed by atoms with van der Waals surface area (Å²) in [5.74, 6) is -1.02. The van der Waals surface area contributed by atoms with Gasteiger partial charge in [0.25, 0.3) is 5.91 Å². The lowest BCUT2D eigenvalue weighted by Gasteiger charge is -2.25. The first kappa shape index (κ1) is 14.2. The molecule has 0 unspecified atom stereocenters. The molecular formula is C11H14BrNO3S. The van der Waals surface area contributed by atoms with Crippen LogP contribution < -0.4 is 0 Å². The molecule has 0 aliphatic carbocycles. The number of rotatable bonds is 5.